The first kappa shape index (κ1) is 9.21. The molecule has 0 aliphatic carbocycles. The van der Waals surface area contributed by atoms with E-state index in [1.807, 2.05) is 0 Å². The van der Waals surface area contributed by atoms with Crippen molar-refractivity contribution >= 4 is 16.2 Å². The van der Waals surface area contributed by atoms with Gasteiger partial charge >= 0.3 is 0 Å². The number of hydrogen-bond donors (Lipinski definition) is 0. The minimum Gasteiger partial charge on any atom is -0.489 e. The summed E-state index contributed by atoms with van der Waals surface area (Å²) in [6.45, 7) is 0.745. The third-order valence-electron chi connectivity index (χ3n) is 1.15. The summed E-state index contributed by atoms with van der Waals surface area (Å²) in [6, 6.07) is 0. The molecule has 5 nitrogen and oxygen atoms in total. The fourth-order valence-electron chi connectivity index (χ4n) is 0.647. The van der Waals surface area contributed by atoms with Gasteiger partial charge in [-0.15, -0.1) is 0 Å². The van der Waals surface area contributed by atoms with Crippen LogP contribution in [0.5, 0.6) is 0 Å². The summed E-state index contributed by atoms with van der Waals surface area (Å²) in [5, 5.41) is 0.975. The third-order valence-corrected chi connectivity index (χ3v) is 2.08. The predicted octanol–water partition coefficient (Wildman–Crippen LogP) is -0.0950. The zero-order valence-corrected chi connectivity index (χ0v) is 7.37. The largest absolute Gasteiger partial charge is 0.489 e. The van der Waals surface area contributed by atoms with Crippen LogP contribution in [0.25, 0.3) is 0 Å². The molecule has 0 atom stereocenters. The molecule has 0 fully saturated rings. The standard InChI is InChI=1S/C6H9NO4S/c1-10-2-3-11-6-4-7-12(8,9)5-6/h4-5H,2-3H2,1H3. The van der Waals surface area contributed by atoms with E-state index in [4.69, 9.17) is 9.47 Å². The molecular formula is C6H9NO4S. The number of allylic oxidation sites excluding steroid dienone is 1. The number of hydrogen-bond acceptors (Lipinski definition) is 4. The Bertz CT molecular complexity index is 304. The molecule has 1 heterocycles. The number of sulfonamides is 1. The van der Waals surface area contributed by atoms with Crippen LogP contribution in [0.15, 0.2) is 15.6 Å². The van der Waals surface area contributed by atoms with E-state index in [-0.39, 0.29) is 5.76 Å². The maximum absolute atomic E-state index is 10.7. The Balaban J connectivity index is 2.42. The van der Waals surface area contributed by atoms with Gasteiger partial charge in [0.05, 0.1) is 18.2 Å². The maximum atomic E-state index is 10.7. The minimum atomic E-state index is -3.39. The molecule has 1 aliphatic heterocycles. The van der Waals surface area contributed by atoms with E-state index in [0.717, 1.165) is 5.41 Å². The van der Waals surface area contributed by atoms with Crippen molar-refractivity contribution in [3.05, 3.63) is 11.2 Å². The van der Waals surface area contributed by atoms with Gasteiger partial charge in [-0.2, -0.15) is 12.8 Å². The molecule has 1 rings (SSSR count). The molecule has 0 spiro atoms. The van der Waals surface area contributed by atoms with Crippen molar-refractivity contribution in [3.63, 3.8) is 0 Å². The molecule has 0 saturated carbocycles. The molecule has 0 unspecified atom stereocenters. The topological polar surface area (TPSA) is 65.0 Å². The van der Waals surface area contributed by atoms with E-state index in [1.54, 1.807) is 0 Å². The highest BCUT2D eigenvalue weighted by Gasteiger charge is 2.12. The number of rotatable bonds is 4. The summed E-state index contributed by atoms with van der Waals surface area (Å²) in [5.74, 6) is 0.257. The lowest BCUT2D eigenvalue weighted by atomic mass is 10.6. The zero-order valence-electron chi connectivity index (χ0n) is 6.56. The summed E-state index contributed by atoms with van der Waals surface area (Å²) in [5.41, 5.74) is 0. The molecule has 0 radical (unpaired) electrons. The smallest absolute Gasteiger partial charge is 0.279 e. The summed E-state index contributed by atoms with van der Waals surface area (Å²) in [7, 11) is -1.85. The van der Waals surface area contributed by atoms with Gasteiger partial charge in [0.2, 0.25) is 0 Å². The Morgan fingerprint density at radius 3 is 2.75 bits per heavy atom. The number of methoxy groups -OCH3 is 1. The van der Waals surface area contributed by atoms with Crippen molar-refractivity contribution in [2.24, 2.45) is 4.40 Å². The lowest BCUT2D eigenvalue weighted by Crippen LogP contribution is -2.01. The molecule has 1 aliphatic rings. The van der Waals surface area contributed by atoms with Crippen molar-refractivity contribution in [3.8, 4) is 0 Å². The number of nitrogens with zero attached hydrogens (tertiary/aromatic N) is 1. The lowest BCUT2D eigenvalue weighted by molar-refractivity contribution is 0.118. The van der Waals surface area contributed by atoms with Crippen LogP contribution in [0.2, 0.25) is 0 Å². The summed E-state index contributed by atoms with van der Waals surface area (Å²) < 4.78 is 34.3. The van der Waals surface area contributed by atoms with Crippen LogP contribution in [-0.4, -0.2) is 35.0 Å². The molecule has 68 valence electrons. The highest BCUT2D eigenvalue weighted by Crippen LogP contribution is 2.08. The first-order chi connectivity index (χ1) is 5.64. The Labute approximate surface area is 70.8 Å². The molecular weight excluding hydrogens is 182 g/mol. The van der Waals surface area contributed by atoms with E-state index < -0.39 is 10.0 Å². The average Bonchev–Trinajstić information content (AvgIpc) is 2.31. The molecule has 12 heavy (non-hydrogen) atoms. The van der Waals surface area contributed by atoms with Crippen LogP contribution in [0.3, 0.4) is 0 Å². The Hall–Kier alpha value is -0.880. The Morgan fingerprint density at radius 2 is 2.25 bits per heavy atom. The average molecular weight is 191 g/mol. The maximum Gasteiger partial charge on any atom is 0.279 e. The van der Waals surface area contributed by atoms with Gasteiger partial charge in [0.25, 0.3) is 10.0 Å². The molecule has 0 bridgehead atoms. The van der Waals surface area contributed by atoms with Crippen molar-refractivity contribution < 1.29 is 17.9 Å². The SMILES string of the molecule is COCCOC1=CS(=O)(=O)N=C1. The minimum absolute atomic E-state index is 0.257. The second-order valence-electron chi connectivity index (χ2n) is 2.11. The molecule has 0 aromatic rings. The second-order valence-corrected chi connectivity index (χ2v) is 3.59. The second kappa shape index (κ2) is 3.68. The first-order valence-corrected chi connectivity index (χ1v) is 4.78. The van der Waals surface area contributed by atoms with Gasteiger partial charge < -0.3 is 9.47 Å². The van der Waals surface area contributed by atoms with E-state index >= 15 is 0 Å². The summed E-state index contributed by atoms with van der Waals surface area (Å²) in [4.78, 5) is 0. The molecule has 6 heteroatoms. The highest BCUT2D eigenvalue weighted by molar-refractivity contribution is 7.93. The predicted molar refractivity (Wildman–Crippen MR) is 43.3 cm³/mol. The number of ether oxygens (including phenoxy) is 2. The fraction of sp³-hybridized carbons (Fsp3) is 0.500. The Kier molecular flexibility index (Phi) is 2.83. The van der Waals surface area contributed by atoms with E-state index in [0.29, 0.717) is 13.2 Å². The molecule has 0 saturated heterocycles. The highest BCUT2D eigenvalue weighted by atomic mass is 32.2. The van der Waals surface area contributed by atoms with Crippen LogP contribution < -0.4 is 0 Å². The monoisotopic (exact) mass is 191 g/mol. The molecule has 0 aromatic carbocycles. The quantitative estimate of drug-likeness (QED) is 0.582. The van der Waals surface area contributed by atoms with Gasteiger partial charge in [0.15, 0.2) is 5.76 Å². The first-order valence-electron chi connectivity index (χ1n) is 3.28. The van der Waals surface area contributed by atoms with E-state index in [9.17, 15) is 8.42 Å². The van der Waals surface area contributed by atoms with Crippen LogP contribution in [0.1, 0.15) is 0 Å². The van der Waals surface area contributed by atoms with E-state index in [2.05, 4.69) is 4.40 Å². The van der Waals surface area contributed by atoms with Crippen LogP contribution in [0, 0.1) is 0 Å². The zero-order chi connectivity index (χ0) is 9.03. The van der Waals surface area contributed by atoms with Crippen LogP contribution in [0.4, 0.5) is 0 Å². The van der Waals surface area contributed by atoms with Gasteiger partial charge in [0.1, 0.15) is 6.61 Å². The van der Waals surface area contributed by atoms with Gasteiger partial charge in [-0.05, 0) is 0 Å². The Morgan fingerprint density at radius 1 is 1.50 bits per heavy atom. The van der Waals surface area contributed by atoms with Crippen molar-refractivity contribution in [2.45, 2.75) is 0 Å². The fourth-order valence-corrected chi connectivity index (χ4v) is 1.38. The van der Waals surface area contributed by atoms with Gasteiger partial charge in [-0.3, -0.25) is 0 Å². The van der Waals surface area contributed by atoms with Crippen LogP contribution in [-0.2, 0) is 19.5 Å². The van der Waals surface area contributed by atoms with Crippen LogP contribution >= 0.6 is 0 Å². The van der Waals surface area contributed by atoms with E-state index in [1.165, 1.54) is 13.3 Å². The lowest BCUT2D eigenvalue weighted by Gasteiger charge is -2.01. The molecule has 0 aromatic heterocycles. The van der Waals surface area contributed by atoms with Gasteiger partial charge in [-0.25, -0.2) is 0 Å². The van der Waals surface area contributed by atoms with Crippen molar-refractivity contribution in [1.29, 1.82) is 0 Å². The molecule has 0 N–H and O–H groups in total. The van der Waals surface area contributed by atoms with Gasteiger partial charge in [-0.1, -0.05) is 0 Å². The summed E-state index contributed by atoms with van der Waals surface area (Å²) >= 11 is 0. The van der Waals surface area contributed by atoms with Crippen molar-refractivity contribution in [2.75, 3.05) is 20.3 Å². The van der Waals surface area contributed by atoms with Gasteiger partial charge in [0, 0.05) is 7.11 Å². The summed E-state index contributed by atoms with van der Waals surface area (Å²) in [6.07, 6.45) is 1.17. The molecule has 0 amide bonds. The third kappa shape index (κ3) is 2.63. The normalized spacial score (nSPS) is 19.2. The van der Waals surface area contributed by atoms with Crippen molar-refractivity contribution in [1.82, 2.24) is 0 Å².